The molecule has 1 aromatic carbocycles. The van der Waals surface area contributed by atoms with Gasteiger partial charge in [0.05, 0.1) is 6.61 Å². The van der Waals surface area contributed by atoms with Crippen molar-refractivity contribution >= 4 is 0 Å². The first-order valence-corrected chi connectivity index (χ1v) is 8.97. The second-order valence-electron chi connectivity index (χ2n) is 7.68. The lowest BCUT2D eigenvalue weighted by molar-refractivity contribution is 0.0353. The molecule has 0 amide bonds. The molecule has 1 spiro atoms. The Hall–Kier alpha value is -1.30. The first-order valence-electron chi connectivity index (χ1n) is 8.97. The van der Waals surface area contributed by atoms with Crippen LogP contribution in [0.5, 0.6) is 11.5 Å². The van der Waals surface area contributed by atoms with Gasteiger partial charge in [-0.3, -0.25) is 4.90 Å². The molecule has 0 aliphatic carbocycles. The number of ether oxygens (including phenoxy) is 3. The van der Waals surface area contributed by atoms with E-state index in [1.54, 1.807) is 0 Å². The molecule has 0 N–H and O–H groups in total. The normalized spacial score (nSPS) is 26.3. The molecular formula is C19H28N2O3. The number of hydrogen-bond acceptors (Lipinski definition) is 5. The van der Waals surface area contributed by atoms with Gasteiger partial charge in [-0.15, -0.1) is 0 Å². The summed E-state index contributed by atoms with van der Waals surface area (Å²) in [5, 5.41) is 0. The van der Waals surface area contributed by atoms with Gasteiger partial charge in [-0.25, -0.2) is 0 Å². The zero-order valence-electron chi connectivity index (χ0n) is 14.8. The summed E-state index contributed by atoms with van der Waals surface area (Å²) < 4.78 is 16.4. The van der Waals surface area contributed by atoms with Gasteiger partial charge in [-0.1, -0.05) is 6.07 Å². The molecule has 1 aromatic rings. The maximum absolute atomic E-state index is 5.50. The van der Waals surface area contributed by atoms with Crippen molar-refractivity contribution in [3.05, 3.63) is 23.8 Å². The number of methoxy groups -OCH3 is 1. The summed E-state index contributed by atoms with van der Waals surface area (Å²) in [6.07, 6.45) is 2.55. The summed E-state index contributed by atoms with van der Waals surface area (Å²) in [6.45, 7) is 6.98. The van der Waals surface area contributed by atoms with Gasteiger partial charge in [0.2, 0.25) is 6.79 Å². The SMILES string of the molecule is COC[C@@H]1CN(C)CC12CCN(Cc1ccc3c(c1)OCO3)CC2. The lowest BCUT2D eigenvalue weighted by Crippen LogP contribution is -2.44. The Bertz CT molecular complexity index is 584. The van der Waals surface area contributed by atoms with Crippen LogP contribution in [-0.2, 0) is 11.3 Å². The van der Waals surface area contributed by atoms with Crippen LogP contribution in [0.25, 0.3) is 0 Å². The Balaban J connectivity index is 1.37. The van der Waals surface area contributed by atoms with Gasteiger partial charge in [0.25, 0.3) is 0 Å². The van der Waals surface area contributed by atoms with Crippen LogP contribution in [0.2, 0.25) is 0 Å². The van der Waals surface area contributed by atoms with E-state index in [-0.39, 0.29) is 0 Å². The van der Waals surface area contributed by atoms with Crippen LogP contribution in [-0.4, -0.2) is 63.5 Å². The van der Waals surface area contributed by atoms with Crippen molar-refractivity contribution in [1.29, 1.82) is 0 Å². The molecule has 0 bridgehead atoms. The second-order valence-corrected chi connectivity index (χ2v) is 7.68. The first kappa shape index (κ1) is 16.2. The molecule has 132 valence electrons. The lowest BCUT2D eigenvalue weighted by Gasteiger charge is -2.42. The number of benzene rings is 1. The van der Waals surface area contributed by atoms with E-state index in [0.717, 1.165) is 24.7 Å². The van der Waals surface area contributed by atoms with Gasteiger partial charge in [0.1, 0.15) is 0 Å². The Morgan fingerprint density at radius 2 is 2.00 bits per heavy atom. The average molecular weight is 332 g/mol. The van der Waals surface area contributed by atoms with Gasteiger partial charge in [-0.05, 0) is 56.1 Å². The summed E-state index contributed by atoms with van der Waals surface area (Å²) >= 11 is 0. The predicted octanol–water partition coefficient (Wildman–Crippen LogP) is 2.21. The van der Waals surface area contributed by atoms with E-state index in [1.165, 1.54) is 44.6 Å². The van der Waals surface area contributed by atoms with E-state index in [2.05, 4.69) is 29.0 Å². The minimum Gasteiger partial charge on any atom is -0.454 e. The van der Waals surface area contributed by atoms with E-state index in [9.17, 15) is 0 Å². The van der Waals surface area contributed by atoms with Gasteiger partial charge in [-0.2, -0.15) is 0 Å². The smallest absolute Gasteiger partial charge is 0.231 e. The highest BCUT2D eigenvalue weighted by atomic mass is 16.7. The number of fused-ring (bicyclic) bond motifs is 1. The Labute approximate surface area is 144 Å². The highest BCUT2D eigenvalue weighted by molar-refractivity contribution is 5.44. The summed E-state index contributed by atoms with van der Waals surface area (Å²) in [6, 6.07) is 6.32. The van der Waals surface area contributed by atoms with Crippen LogP contribution in [0.15, 0.2) is 18.2 Å². The maximum atomic E-state index is 5.50. The average Bonchev–Trinajstić information content (AvgIpc) is 3.15. The minimum atomic E-state index is 0.347. The van der Waals surface area contributed by atoms with E-state index < -0.39 is 0 Å². The highest BCUT2D eigenvalue weighted by Crippen LogP contribution is 2.44. The van der Waals surface area contributed by atoms with Crippen molar-refractivity contribution in [3.63, 3.8) is 0 Å². The molecule has 3 aliphatic heterocycles. The monoisotopic (exact) mass is 332 g/mol. The molecule has 4 rings (SSSR count). The molecule has 0 saturated carbocycles. The zero-order chi connectivity index (χ0) is 16.6. The van der Waals surface area contributed by atoms with Gasteiger partial charge < -0.3 is 19.1 Å². The third kappa shape index (κ3) is 3.01. The second kappa shape index (κ2) is 6.54. The molecule has 2 saturated heterocycles. The fourth-order valence-electron chi connectivity index (χ4n) is 4.75. The molecule has 0 radical (unpaired) electrons. The minimum absolute atomic E-state index is 0.347. The molecular weight excluding hydrogens is 304 g/mol. The fourth-order valence-corrected chi connectivity index (χ4v) is 4.75. The van der Waals surface area contributed by atoms with Crippen molar-refractivity contribution < 1.29 is 14.2 Å². The fraction of sp³-hybridized carbons (Fsp3) is 0.684. The van der Waals surface area contributed by atoms with E-state index in [1.807, 2.05) is 13.2 Å². The van der Waals surface area contributed by atoms with Crippen LogP contribution in [0, 0.1) is 11.3 Å². The molecule has 0 unspecified atom stereocenters. The highest BCUT2D eigenvalue weighted by Gasteiger charge is 2.46. The van der Waals surface area contributed by atoms with Gasteiger partial charge in [0.15, 0.2) is 11.5 Å². The van der Waals surface area contributed by atoms with Crippen LogP contribution >= 0.6 is 0 Å². The number of rotatable bonds is 4. The van der Waals surface area contributed by atoms with Crippen molar-refractivity contribution in [2.75, 3.05) is 53.7 Å². The van der Waals surface area contributed by atoms with E-state index in [4.69, 9.17) is 14.2 Å². The lowest BCUT2D eigenvalue weighted by atomic mass is 9.71. The quantitative estimate of drug-likeness (QED) is 0.844. The first-order chi connectivity index (χ1) is 11.7. The third-order valence-electron chi connectivity index (χ3n) is 6.05. The van der Waals surface area contributed by atoms with Crippen LogP contribution in [0.4, 0.5) is 0 Å². The number of likely N-dealkylation sites (tertiary alicyclic amines) is 2. The van der Waals surface area contributed by atoms with E-state index >= 15 is 0 Å². The molecule has 3 heterocycles. The number of hydrogen-bond donors (Lipinski definition) is 0. The third-order valence-corrected chi connectivity index (χ3v) is 6.05. The molecule has 3 aliphatic rings. The van der Waals surface area contributed by atoms with Crippen LogP contribution in [0.3, 0.4) is 0 Å². The Kier molecular flexibility index (Phi) is 4.41. The van der Waals surface area contributed by atoms with Crippen LogP contribution < -0.4 is 9.47 Å². The predicted molar refractivity (Wildman–Crippen MR) is 92.4 cm³/mol. The maximum Gasteiger partial charge on any atom is 0.231 e. The van der Waals surface area contributed by atoms with Crippen LogP contribution in [0.1, 0.15) is 18.4 Å². The number of nitrogens with zero attached hydrogens (tertiary/aromatic N) is 2. The summed E-state index contributed by atoms with van der Waals surface area (Å²) in [5.74, 6) is 2.44. The molecule has 24 heavy (non-hydrogen) atoms. The largest absolute Gasteiger partial charge is 0.454 e. The summed E-state index contributed by atoms with van der Waals surface area (Å²) in [5.41, 5.74) is 1.77. The molecule has 0 aromatic heterocycles. The summed E-state index contributed by atoms with van der Waals surface area (Å²) in [7, 11) is 4.08. The molecule has 1 atom stereocenters. The number of piperidine rings is 1. The standard InChI is InChI=1S/C19H28N2O3/c1-20-11-16(12-22-2)19(13-20)5-7-21(8-6-19)10-15-3-4-17-18(9-15)24-14-23-17/h3-4,9,16H,5-8,10-14H2,1-2H3/t16-/m0/s1. The zero-order valence-corrected chi connectivity index (χ0v) is 14.8. The molecule has 5 nitrogen and oxygen atoms in total. The van der Waals surface area contributed by atoms with Crippen molar-refractivity contribution in [2.45, 2.75) is 19.4 Å². The molecule has 5 heteroatoms. The topological polar surface area (TPSA) is 34.2 Å². The van der Waals surface area contributed by atoms with E-state index in [0.29, 0.717) is 18.1 Å². The molecule has 2 fully saturated rings. The van der Waals surface area contributed by atoms with Crippen molar-refractivity contribution in [1.82, 2.24) is 9.80 Å². The summed E-state index contributed by atoms with van der Waals surface area (Å²) in [4.78, 5) is 5.06. The Morgan fingerprint density at radius 3 is 2.79 bits per heavy atom. The van der Waals surface area contributed by atoms with Crippen molar-refractivity contribution in [2.24, 2.45) is 11.3 Å². The Morgan fingerprint density at radius 1 is 1.21 bits per heavy atom. The van der Waals surface area contributed by atoms with Gasteiger partial charge >= 0.3 is 0 Å². The van der Waals surface area contributed by atoms with Gasteiger partial charge in [0, 0.05) is 32.7 Å². The van der Waals surface area contributed by atoms with Crippen molar-refractivity contribution in [3.8, 4) is 11.5 Å².